The minimum atomic E-state index is -0.414. The number of amides is 1. The van der Waals surface area contributed by atoms with Gasteiger partial charge in [-0.05, 0) is 26.1 Å². The first kappa shape index (κ1) is 18.3. The second-order valence-corrected chi connectivity index (χ2v) is 7.03. The smallest absolute Gasteiger partial charge is 0.224 e. The Labute approximate surface area is 154 Å². The highest BCUT2D eigenvalue weighted by Crippen LogP contribution is 2.37. The van der Waals surface area contributed by atoms with Gasteiger partial charge < -0.3 is 15.1 Å². The number of likely N-dealkylation sites (N-methyl/N-ethyl adjacent to an activating group) is 1. The number of hydrogen-bond donors (Lipinski definition) is 1. The van der Waals surface area contributed by atoms with Crippen LogP contribution in [0, 0.1) is 19.3 Å². The molecule has 0 atom stereocenters. The van der Waals surface area contributed by atoms with Crippen LogP contribution >= 0.6 is 0 Å². The second kappa shape index (κ2) is 7.83. The van der Waals surface area contributed by atoms with E-state index in [9.17, 15) is 4.79 Å². The first-order valence-corrected chi connectivity index (χ1v) is 9.10. The van der Waals surface area contributed by atoms with Crippen LogP contribution < -0.4 is 10.2 Å². The molecular formula is C19H26N6O. The monoisotopic (exact) mass is 354 g/mol. The van der Waals surface area contributed by atoms with Gasteiger partial charge in [-0.1, -0.05) is 0 Å². The number of nitrogens with one attached hydrogen (secondary N) is 1. The largest absolute Gasteiger partial charge is 0.354 e. The molecule has 0 saturated carbocycles. The number of anilines is 2. The van der Waals surface area contributed by atoms with Gasteiger partial charge in [0.05, 0.1) is 11.4 Å². The molecule has 1 amide bonds. The molecular weight excluding hydrogens is 328 g/mol. The summed E-state index contributed by atoms with van der Waals surface area (Å²) < 4.78 is 0. The van der Waals surface area contributed by atoms with Crippen LogP contribution in [0.4, 0.5) is 11.5 Å². The normalized spacial score (nSPS) is 18.4. The Balaban J connectivity index is 1.51. The molecule has 0 bridgehead atoms. The zero-order chi connectivity index (χ0) is 18.6. The lowest BCUT2D eigenvalue weighted by Gasteiger charge is -2.33. The van der Waals surface area contributed by atoms with Crippen molar-refractivity contribution in [1.82, 2.24) is 9.88 Å². The molecule has 0 aromatic carbocycles. The van der Waals surface area contributed by atoms with Crippen molar-refractivity contribution in [3.05, 3.63) is 17.8 Å². The first-order valence-electron chi connectivity index (χ1n) is 9.10. The van der Waals surface area contributed by atoms with E-state index in [-0.39, 0.29) is 5.91 Å². The molecule has 0 unspecified atom stereocenters. The standard InChI is InChI=1S/C19H26N6O/c1-4-5-9-19(22-23-19)10-8-18(26)21-16-6-7-17(20-15(16)2)25-13-11-24(3)12-14-25/h1,6-7H,5,8-14H2,2-3H3,(H,21,26). The van der Waals surface area contributed by atoms with Crippen molar-refractivity contribution in [2.75, 3.05) is 43.4 Å². The zero-order valence-electron chi connectivity index (χ0n) is 15.5. The molecule has 2 aliphatic rings. The van der Waals surface area contributed by atoms with Crippen molar-refractivity contribution in [3.8, 4) is 12.3 Å². The fourth-order valence-corrected chi connectivity index (χ4v) is 3.09. The molecule has 3 heterocycles. The van der Waals surface area contributed by atoms with Gasteiger partial charge in [0.25, 0.3) is 0 Å². The number of terminal acetylenes is 1. The van der Waals surface area contributed by atoms with E-state index in [0.717, 1.165) is 49.8 Å². The number of carbonyl (C=O) groups is 1. The number of pyridine rings is 1. The van der Waals surface area contributed by atoms with Crippen molar-refractivity contribution in [3.63, 3.8) is 0 Å². The van der Waals surface area contributed by atoms with Gasteiger partial charge in [0.1, 0.15) is 5.82 Å². The van der Waals surface area contributed by atoms with Gasteiger partial charge >= 0.3 is 0 Å². The SMILES string of the molecule is C#CCCC1(CCC(=O)Nc2ccc(N3CCN(C)CC3)nc2C)N=N1. The minimum absolute atomic E-state index is 0.0420. The van der Waals surface area contributed by atoms with Crippen molar-refractivity contribution < 1.29 is 4.79 Å². The van der Waals surface area contributed by atoms with Crippen molar-refractivity contribution >= 4 is 17.4 Å². The zero-order valence-corrected chi connectivity index (χ0v) is 15.5. The first-order chi connectivity index (χ1) is 12.5. The van der Waals surface area contributed by atoms with Crippen LogP contribution in [0.15, 0.2) is 22.4 Å². The average molecular weight is 354 g/mol. The maximum atomic E-state index is 12.3. The Morgan fingerprint density at radius 2 is 2.00 bits per heavy atom. The third-order valence-corrected chi connectivity index (χ3v) is 4.98. The molecule has 26 heavy (non-hydrogen) atoms. The number of aromatic nitrogens is 1. The summed E-state index contributed by atoms with van der Waals surface area (Å²) in [6, 6.07) is 3.92. The predicted molar refractivity (Wildman–Crippen MR) is 102 cm³/mol. The van der Waals surface area contributed by atoms with Crippen LogP contribution in [-0.4, -0.2) is 54.7 Å². The maximum absolute atomic E-state index is 12.3. The summed E-state index contributed by atoms with van der Waals surface area (Å²) in [7, 11) is 2.13. The Hall–Kier alpha value is -2.46. The van der Waals surface area contributed by atoms with Crippen LogP contribution in [0.1, 0.15) is 31.4 Å². The fraction of sp³-hybridized carbons (Fsp3) is 0.579. The summed E-state index contributed by atoms with van der Waals surface area (Å²) >= 11 is 0. The van der Waals surface area contributed by atoms with Gasteiger partial charge in [-0.25, -0.2) is 4.98 Å². The van der Waals surface area contributed by atoms with Gasteiger partial charge in [-0.3, -0.25) is 4.79 Å². The highest BCUT2D eigenvalue weighted by Gasteiger charge is 2.39. The molecule has 1 saturated heterocycles. The second-order valence-electron chi connectivity index (χ2n) is 7.03. The van der Waals surface area contributed by atoms with E-state index in [4.69, 9.17) is 6.42 Å². The molecule has 1 aromatic heterocycles. The summed E-state index contributed by atoms with van der Waals surface area (Å²) in [6.07, 6.45) is 7.61. The number of carbonyl (C=O) groups excluding carboxylic acids is 1. The number of nitrogens with zero attached hydrogens (tertiary/aromatic N) is 5. The molecule has 0 radical (unpaired) electrons. The Morgan fingerprint density at radius 1 is 1.27 bits per heavy atom. The maximum Gasteiger partial charge on any atom is 0.224 e. The van der Waals surface area contributed by atoms with E-state index in [1.165, 1.54) is 0 Å². The molecule has 2 aliphatic heterocycles. The van der Waals surface area contributed by atoms with E-state index in [1.807, 2.05) is 19.1 Å². The highest BCUT2D eigenvalue weighted by atomic mass is 16.1. The summed E-state index contributed by atoms with van der Waals surface area (Å²) in [5, 5.41) is 11.1. The van der Waals surface area contributed by atoms with Crippen LogP contribution in [-0.2, 0) is 4.79 Å². The molecule has 138 valence electrons. The molecule has 1 N–H and O–H groups in total. The predicted octanol–water partition coefficient (Wildman–Crippen LogP) is 2.44. The van der Waals surface area contributed by atoms with Crippen LogP contribution in [0.2, 0.25) is 0 Å². The van der Waals surface area contributed by atoms with E-state index in [1.54, 1.807) is 0 Å². The Morgan fingerprint density at radius 3 is 2.62 bits per heavy atom. The highest BCUT2D eigenvalue weighted by molar-refractivity contribution is 5.91. The van der Waals surface area contributed by atoms with Gasteiger partial charge in [-0.2, -0.15) is 10.2 Å². The van der Waals surface area contributed by atoms with Crippen molar-refractivity contribution in [2.24, 2.45) is 10.2 Å². The third kappa shape index (κ3) is 4.58. The van der Waals surface area contributed by atoms with Crippen molar-refractivity contribution in [2.45, 2.75) is 38.3 Å². The topological polar surface area (TPSA) is 73.2 Å². The summed E-state index contributed by atoms with van der Waals surface area (Å²) in [5.74, 6) is 3.53. The van der Waals surface area contributed by atoms with Gasteiger partial charge in [0.2, 0.25) is 5.91 Å². The molecule has 1 aromatic rings. The Kier molecular flexibility index (Phi) is 5.52. The summed E-state index contributed by atoms with van der Waals surface area (Å²) in [4.78, 5) is 21.5. The molecule has 3 rings (SSSR count). The number of aryl methyl sites for hydroxylation is 1. The third-order valence-electron chi connectivity index (χ3n) is 4.98. The molecule has 7 heteroatoms. The van der Waals surface area contributed by atoms with Crippen LogP contribution in [0.5, 0.6) is 0 Å². The van der Waals surface area contributed by atoms with E-state index in [2.05, 4.69) is 43.3 Å². The quantitative estimate of drug-likeness (QED) is 0.763. The molecule has 7 nitrogen and oxygen atoms in total. The molecule has 1 fully saturated rings. The summed E-state index contributed by atoms with van der Waals surface area (Å²) in [6.45, 7) is 5.95. The lowest BCUT2D eigenvalue weighted by molar-refractivity contribution is -0.116. The number of hydrogen-bond acceptors (Lipinski definition) is 6. The fourth-order valence-electron chi connectivity index (χ4n) is 3.09. The van der Waals surface area contributed by atoms with Gasteiger partial charge in [0, 0.05) is 51.9 Å². The van der Waals surface area contributed by atoms with Gasteiger partial charge in [0.15, 0.2) is 5.66 Å². The number of rotatable bonds is 7. The van der Waals surface area contributed by atoms with Gasteiger partial charge in [-0.15, -0.1) is 12.3 Å². The number of piperazine rings is 1. The van der Waals surface area contributed by atoms with Crippen LogP contribution in [0.25, 0.3) is 0 Å². The average Bonchev–Trinajstić information content (AvgIpc) is 3.41. The van der Waals surface area contributed by atoms with E-state index >= 15 is 0 Å². The summed E-state index contributed by atoms with van der Waals surface area (Å²) in [5.41, 5.74) is 1.18. The Bertz CT molecular complexity index is 724. The minimum Gasteiger partial charge on any atom is -0.354 e. The van der Waals surface area contributed by atoms with Crippen LogP contribution in [0.3, 0.4) is 0 Å². The lowest BCUT2D eigenvalue weighted by atomic mass is 10.0. The van der Waals surface area contributed by atoms with E-state index in [0.29, 0.717) is 19.3 Å². The van der Waals surface area contributed by atoms with E-state index < -0.39 is 5.66 Å². The molecule has 0 spiro atoms. The lowest BCUT2D eigenvalue weighted by Crippen LogP contribution is -2.44. The molecule has 0 aliphatic carbocycles. The van der Waals surface area contributed by atoms with Crippen molar-refractivity contribution in [1.29, 1.82) is 0 Å².